The standard InChI is InChI=1S/C23H28N6OS/c1-5-29(4)22-15(3)21(24-20-12-14(2)27-28-20)25-23(26-22)31-18-10-6-16(7-11-18)13-19(30)17-8-9-17/h6-7,10-12,17H,5,8-9,13H2,1-4H3,(H2,24,25,26,27,28). The van der Waals surface area contributed by atoms with Gasteiger partial charge in [0.1, 0.15) is 17.4 Å². The molecule has 3 aromatic rings. The number of aryl methyl sites for hydroxylation is 1. The fraction of sp³-hybridized carbons (Fsp3) is 0.391. The topological polar surface area (TPSA) is 86.8 Å². The van der Waals surface area contributed by atoms with Gasteiger partial charge >= 0.3 is 0 Å². The molecule has 0 amide bonds. The summed E-state index contributed by atoms with van der Waals surface area (Å²) in [6.45, 7) is 6.92. The molecule has 8 heteroatoms. The van der Waals surface area contributed by atoms with E-state index in [0.717, 1.165) is 58.6 Å². The monoisotopic (exact) mass is 436 g/mol. The summed E-state index contributed by atoms with van der Waals surface area (Å²) < 4.78 is 0. The van der Waals surface area contributed by atoms with Crippen LogP contribution >= 0.6 is 11.8 Å². The zero-order valence-corrected chi connectivity index (χ0v) is 19.2. The van der Waals surface area contributed by atoms with E-state index in [2.05, 4.69) is 27.3 Å². The van der Waals surface area contributed by atoms with Gasteiger partial charge in [-0.1, -0.05) is 12.1 Å². The molecule has 0 unspecified atom stereocenters. The van der Waals surface area contributed by atoms with E-state index < -0.39 is 0 Å². The number of nitrogens with one attached hydrogen (secondary N) is 2. The molecule has 1 saturated carbocycles. The third kappa shape index (κ3) is 5.25. The maximum absolute atomic E-state index is 12.1. The highest BCUT2D eigenvalue weighted by atomic mass is 32.2. The molecule has 4 rings (SSSR count). The van der Waals surface area contributed by atoms with Gasteiger partial charge in [0, 0.05) is 48.2 Å². The van der Waals surface area contributed by atoms with E-state index in [1.807, 2.05) is 51.2 Å². The van der Waals surface area contributed by atoms with Gasteiger partial charge in [-0.05, 0) is 63.1 Å². The van der Waals surface area contributed by atoms with Gasteiger partial charge in [-0.25, -0.2) is 9.97 Å². The third-order valence-electron chi connectivity index (χ3n) is 5.43. The first-order valence-corrected chi connectivity index (χ1v) is 11.4. The van der Waals surface area contributed by atoms with E-state index in [1.165, 1.54) is 11.8 Å². The van der Waals surface area contributed by atoms with Crippen molar-refractivity contribution >= 4 is 35.0 Å². The average molecular weight is 437 g/mol. The Hall–Kier alpha value is -2.87. The van der Waals surface area contributed by atoms with Gasteiger partial charge in [0.2, 0.25) is 0 Å². The summed E-state index contributed by atoms with van der Waals surface area (Å²) in [6, 6.07) is 10.1. The minimum Gasteiger partial charge on any atom is -0.360 e. The number of nitrogens with zero attached hydrogens (tertiary/aromatic N) is 4. The molecule has 0 bridgehead atoms. The molecule has 1 aromatic carbocycles. The van der Waals surface area contributed by atoms with Crippen molar-refractivity contribution in [2.75, 3.05) is 23.8 Å². The Labute approximate surface area is 187 Å². The number of benzene rings is 1. The highest BCUT2D eigenvalue weighted by Gasteiger charge is 2.29. The molecular weight excluding hydrogens is 408 g/mol. The molecule has 1 aliphatic carbocycles. The number of aromatic nitrogens is 4. The minimum absolute atomic E-state index is 0.299. The molecule has 31 heavy (non-hydrogen) atoms. The molecule has 0 atom stereocenters. The van der Waals surface area contributed by atoms with Crippen molar-refractivity contribution in [2.24, 2.45) is 5.92 Å². The highest BCUT2D eigenvalue weighted by Crippen LogP contribution is 2.33. The van der Waals surface area contributed by atoms with Crippen LogP contribution in [0.3, 0.4) is 0 Å². The number of anilines is 3. The first-order chi connectivity index (χ1) is 14.9. The van der Waals surface area contributed by atoms with Gasteiger partial charge in [0.05, 0.1) is 0 Å². The molecular formula is C23H28N6OS. The SMILES string of the molecule is CCN(C)c1nc(Sc2ccc(CC(=O)C3CC3)cc2)nc(Nc2cc(C)[nH]n2)c1C. The molecule has 1 aliphatic rings. The van der Waals surface area contributed by atoms with Crippen molar-refractivity contribution in [3.05, 3.63) is 47.2 Å². The van der Waals surface area contributed by atoms with Crippen LogP contribution in [0.15, 0.2) is 40.4 Å². The van der Waals surface area contributed by atoms with Crippen LogP contribution < -0.4 is 10.2 Å². The van der Waals surface area contributed by atoms with Crippen LogP contribution in [-0.4, -0.2) is 39.5 Å². The molecule has 7 nitrogen and oxygen atoms in total. The molecule has 2 heterocycles. The summed E-state index contributed by atoms with van der Waals surface area (Å²) in [5.74, 6) is 3.02. The fourth-order valence-corrected chi connectivity index (χ4v) is 4.06. The number of carbonyl (C=O) groups is 1. The maximum Gasteiger partial charge on any atom is 0.196 e. The summed E-state index contributed by atoms with van der Waals surface area (Å²) in [5, 5.41) is 11.2. The molecule has 1 fully saturated rings. The second-order valence-electron chi connectivity index (χ2n) is 8.04. The van der Waals surface area contributed by atoms with E-state index in [-0.39, 0.29) is 0 Å². The zero-order chi connectivity index (χ0) is 22.0. The average Bonchev–Trinajstić information content (AvgIpc) is 3.53. The zero-order valence-electron chi connectivity index (χ0n) is 18.4. The smallest absolute Gasteiger partial charge is 0.196 e. The number of Topliss-reactive ketones (excluding diaryl/α,β-unsaturated/α-hetero) is 1. The van der Waals surface area contributed by atoms with Crippen LogP contribution in [0.4, 0.5) is 17.5 Å². The van der Waals surface area contributed by atoms with Crippen molar-refractivity contribution in [2.45, 2.75) is 50.1 Å². The Balaban J connectivity index is 1.56. The Kier molecular flexibility index (Phi) is 6.27. The van der Waals surface area contributed by atoms with Crippen LogP contribution in [0.25, 0.3) is 0 Å². The Bertz CT molecular complexity index is 1070. The fourth-order valence-electron chi connectivity index (χ4n) is 3.31. The first kappa shape index (κ1) is 21.4. The van der Waals surface area contributed by atoms with Crippen LogP contribution in [0.1, 0.15) is 36.6 Å². The molecule has 0 spiro atoms. The van der Waals surface area contributed by atoms with E-state index >= 15 is 0 Å². The van der Waals surface area contributed by atoms with Crippen molar-refractivity contribution in [1.82, 2.24) is 20.2 Å². The number of hydrogen-bond donors (Lipinski definition) is 2. The lowest BCUT2D eigenvalue weighted by Gasteiger charge is -2.20. The summed E-state index contributed by atoms with van der Waals surface area (Å²) in [6.07, 6.45) is 2.64. The van der Waals surface area contributed by atoms with Gasteiger partial charge in [-0.15, -0.1) is 0 Å². The summed E-state index contributed by atoms with van der Waals surface area (Å²) in [4.78, 5) is 24.8. The van der Waals surface area contributed by atoms with E-state index in [1.54, 1.807) is 0 Å². The van der Waals surface area contributed by atoms with Gasteiger partial charge in [0.25, 0.3) is 0 Å². The lowest BCUT2D eigenvalue weighted by Crippen LogP contribution is -2.20. The van der Waals surface area contributed by atoms with E-state index in [0.29, 0.717) is 23.3 Å². The molecule has 0 saturated heterocycles. The number of rotatable bonds is 9. The number of hydrogen-bond acceptors (Lipinski definition) is 7. The number of ketones is 1. The number of aromatic amines is 1. The van der Waals surface area contributed by atoms with Crippen molar-refractivity contribution in [3.63, 3.8) is 0 Å². The second kappa shape index (κ2) is 9.09. The summed E-state index contributed by atoms with van der Waals surface area (Å²) >= 11 is 1.51. The Morgan fingerprint density at radius 2 is 1.97 bits per heavy atom. The van der Waals surface area contributed by atoms with Crippen LogP contribution in [0.5, 0.6) is 0 Å². The maximum atomic E-state index is 12.1. The predicted octanol–water partition coefficient (Wildman–Crippen LogP) is 4.69. The van der Waals surface area contributed by atoms with E-state index in [9.17, 15) is 4.79 Å². The predicted molar refractivity (Wildman–Crippen MR) is 124 cm³/mol. The van der Waals surface area contributed by atoms with Crippen LogP contribution in [-0.2, 0) is 11.2 Å². The van der Waals surface area contributed by atoms with Crippen LogP contribution in [0, 0.1) is 19.8 Å². The molecule has 2 N–H and O–H groups in total. The summed E-state index contributed by atoms with van der Waals surface area (Å²) in [5.41, 5.74) is 3.02. The largest absolute Gasteiger partial charge is 0.360 e. The lowest BCUT2D eigenvalue weighted by atomic mass is 10.1. The molecule has 162 valence electrons. The Morgan fingerprint density at radius 3 is 2.58 bits per heavy atom. The highest BCUT2D eigenvalue weighted by molar-refractivity contribution is 7.99. The normalized spacial score (nSPS) is 13.3. The first-order valence-electron chi connectivity index (χ1n) is 10.6. The molecule has 0 aliphatic heterocycles. The third-order valence-corrected chi connectivity index (χ3v) is 6.30. The van der Waals surface area contributed by atoms with Gasteiger partial charge in [-0.2, -0.15) is 5.10 Å². The minimum atomic E-state index is 0.299. The lowest BCUT2D eigenvalue weighted by molar-refractivity contribution is -0.119. The van der Waals surface area contributed by atoms with Crippen molar-refractivity contribution in [3.8, 4) is 0 Å². The molecule has 0 radical (unpaired) electrons. The molecule has 2 aromatic heterocycles. The summed E-state index contributed by atoms with van der Waals surface area (Å²) in [7, 11) is 2.03. The van der Waals surface area contributed by atoms with Crippen molar-refractivity contribution < 1.29 is 4.79 Å². The van der Waals surface area contributed by atoms with Gasteiger partial charge in [0.15, 0.2) is 11.0 Å². The van der Waals surface area contributed by atoms with Crippen LogP contribution in [0.2, 0.25) is 0 Å². The number of carbonyl (C=O) groups excluding carboxylic acids is 1. The van der Waals surface area contributed by atoms with Gasteiger partial charge < -0.3 is 10.2 Å². The van der Waals surface area contributed by atoms with Gasteiger partial charge in [-0.3, -0.25) is 9.89 Å². The Morgan fingerprint density at radius 1 is 1.23 bits per heavy atom. The number of H-pyrrole nitrogens is 1. The second-order valence-corrected chi connectivity index (χ2v) is 9.08. The van der Waals surface area contributed by atoms with Crippen molar-refractivity contribution in [1.29, 1.82) is 0 Å². The quantitative estimate of drug-likeness (QED) is 0.471. The van der Waals surface area contributed by atoms with E-state index in [4.69, 9.17) is 9.97 Å².